The summed E-state index contributed by atoms with van der Waals surface area (Å²) < 4.78 is 0.710. The first-order chi connectivity index (χ1) is 9.45. The molecule has 0 saturated heterocycles. The van der Waals surface area contributed by atoms with Crippen LogP contribution in [0.5, 0.6) is 0 Å². The molecule has 0 heterocycles. The quantitative estimate of drug-likeness (QED) is 0.695. The summed E-state index contributed by atoms with van der Waals surface area (Å²) in [6, 6.07) is 10.1. The van der Waals surface area contributed by atoms with E-state index in [9.17, 15) is 4.79 Å². The molecular weight excluding hydrogens is 363 g/mol. The van der Waals surface area contributed by atoms with Crippen LogP contribution in [-0.4, -0.2) is 6.03 Å². The first-order valence-corrected chi connectivity index (χ1v) is 7.30. The maximum Gasteiger partial charge on any atom is 0.323 e. The van der Waals surface area contributed by atoms with Crippen molar-refractivity contribution < 1.29 is 4.79 Å². The molecule has 0 aromatic heterocycles. The Labute approximate surface area is 135 Å². The molecule has 0 aliphatic heterocycles. The van der Waals surface area contributed by atoms with Gasteiger partial charge in [-0.3, -0.25) is 0 Å². The third kappa shape index (κ3) is 3.88. The molecule has 6 heteroatoms. The molecule has 0 aliphatic rings. The fraction of sp³-hybridized carbons (Fsp3) is 0.0714. The number of aryl methyl sites for hydroxylation is 1. The van der Waals surface area contributed by atoms with Gasteiger partial charge in [0.05, 0.1) is 5.69 Å². The van der Waals surface area contributed by atoms with Crippen LogP contribution in [0.2, 0.25) is 10.0 Å². The molecule has 0 fully saturated rings. The second-order valence-corrected chi connectivity index (χ2v) is 5.87. The minimum absolute atomic E-state index is 0.354. The van der Waals surface area contributed by atoms with Crippen LogP contribution in [0.4, 0.5) is 16.2 Å². The third-order valence-corrected chi connectivity index (χ3v) is 3.91. The summed E-state index contributed by atoms with van der Waals surface area (Å²) in [5, 5.41) is 6.63. The average molecular weight is 374 g/mol. The van der Waals surface area contributed by atoms with Crippen LogP contribution in [0.15, 0.2) is 40.9 Å². The van der Waals surface area contributed by atoms with Gasteiger partial charge in [-0.1, -0.05) is 29.3 Å². The molecule has 0 radical (unpaired) electrons. The van der Waals surface area contributed by atoms with Gasteiger partial charge >= 0.3 is 6.03 Å². The molecule has 0 unspecified atom stereocenters. The minimum Gasteiger partial charge on any atom is -0.308 e. The lowest BCUT2D eigenvalue weighted by atomic mass is 10.2. The fourth-order valence-electron chi connectivity index (χ4n) is 1.55. The zero-order valence-corrected chi connectivity index (χ0v) is 13.6. The van der Waals surface area contributed by atoms with Gasteiger partial charge in [0.15, 0.2) is 0 Å². The predicted octanol–water partition coefficient (Wildman–Crippen LogP) is 5.71. The van der Waals surface area contributed by atoms with Gasteiger partial charge in [0.1, 0.15) is 0 Å². The second kappa shape index (κ2) is 6.48. The topological polar surface area (TPSA) is 41.1 Å². The highest BCUT2D eigenvalue weighted by Crippen LogP contribution is 2.26. The Bertz CT molecular complexity index is 662. The number of urea groups is 1. The first-order valence-electron chi connectivity index (χ1n) is 5.75. The zero-order chi connectivity index (χ0) is 14.7. The summed E-state index contributed by atoms with van der Waals surface area (Å²) >= 11 is 15.2. The van der Waals surface area contributed by atoms with Crippen molar-refractivity contribution in [1.82, 2.24) is 0 Å². The van der Waals surface area contributed by atoms with Crippen LogP contribution in [-0.2, 0) is 0 Å². The molecule has 0 spiro atoms. The Morgan fingerprint density at radius 3 is 2.50 bits per heavy atom. The SMILES string of the molecule is Cc1ccc(NC(=O)Nc2ccc(Cl)cc2Br)cc1Cl. The Kier molecular flexibility index (Phi) is 4.91. The third-order valence-electron chi connectivity index (χ3n) is 2.61. The Hall–Kier alpha value is -1.23. The van der Waals surface area contributed by atoms with Crippen LogP contribution in [0.3, 0.4) is 0 Å². The van der Waals surface area contributed by atoms with E-state index in [-0.39, 0.29) is 6.03 Å². The fourth-order valence-corrected chi connectivity index (χ4v) is 2.51. The molecule has 0 atom stereocenters. The summed E-state index contributed by atoms with van der Waals surface area (Å²) in [6.45, 7) is 1.90. The van der Waals surface area contributed by atoms with Gasteiger partial charge in [-0.25, -0.2) is 4.79 Å². The highest BCUT2D eigenvalue weighted by atomic mass is 79.9. The van der Waals surface area contributed by atoms with Crippen molar-refractivity contribution in [1.29, 1.82) is 0 Å². The van der Waals surface area contributed by atoms with Gasteiger partial charge in [0.25, 0.3) is 0 Å². The van der Waals surface area contributed by atoms with Gasteiger partial charge in [-0.05, 0) is 58.7 Å². The Balaban J connectivity index is 2.07. The van der Waals surface area contributed by atoms with Crippen molar-refractivity contribution in [2.24, 2.45) is 0 Å². The van der Waals surface area contributed by atoms with E-state index >= 15 is 0 Å². The molecule has 2 amide bonds. The van der Waals surface area contributed by atoms with E-state index in [2.05, 4.69) is 26.6 Å². The van der Waals surface area contributed by atoms with Crippen molar-refractivity contribution >= 4 is 56.5 Å². The van der Waals surface area contributed by atoms with Crippen molar-refractivity contribution in [3.8, 4) is 0 Å². The predicted molar refractivity (Wildman–Crippen MR) is 88.0 cm³/mol. The minimum atomic E-state index is -0.354. The highest BCUT2D eigenvalue weighted by Gasteiger charge is 2.07. The number of amides is 2. The largest absolute Gasteiger partial charge is 0.323 e. The lowest BCUT2D eigenvalue weighted by Crippen LogP contribution is -2.19. The van der Waals surface area contributed by atoms with Crippen LogP contribution in [0.1, 0.15) is 5.56 Å². The lowest BCUT2D eigenvalue weighted by Gasteiger charge is -2.10. The number of hydrogen-bond donors (Lipinski definition) is 2. The van der Waals surface area contributed by atoms with Gasteiger partial charge < -0.3 is 10.6 Å². The Morgan fingerprint density at radius 1 is 1.10 bits per heavy atom. The first kappa shape index (κ1) is 15.2. The lowest BCUT2D eigenvalue weighted by molar-refractivity contribution is 0.262. The van der Waals surface area contributed by atoms with E-state index in [0.29, 0.717) is 25.9 Å². The van der Waals surface area contributed by atoms with Crippen LogP contribution < -0.4 is 10.6 Å². The molecule has 3 nitrogen and oxygen atoms in total. The molecule has 2 aromatic carbocycles. The van der Waals surface area contributed by atoms with Gasteiger partial charge in [-0.15, -0.1) is 0 Å². The molecule has 2 N–H and O–H groups in total. The number of hydrogen-bond acceptors (Lipinski definition) is 1. The van der Waals surface area contributed by atoms with E-state index in [4.69, 9.17) is 23.2 Å². The number of benzene rings is 2. The molecular formula is C14H11BrCl2N2O. The number of rotatable bonds is 2. The normalized spacial score (nSPS) is 10.2. The molecule has 0 saturated carbocycles. The summed E-state index contributed by atoms with van der Waals surface area (Å²) in [5.74, 6) is 0. The van der Waals surface area contributed by atoms with Crippen molar-refractivity contribution in [3.05, 3.63) is 56.5 Å². The van der Waals surface area contributed by atoms with E-state index in [1.54, 1.807) is 30.3 Å². The van der Waals surface area contributed by atoms with E-state index in [0.717, 1.165) is 5.56 Å². The van der Waals surface area contributed by atoms with Crippen LogP contribution >= 0.6 is 39.1 Å². The smallest absolute Gasteiger partial charge is 0.308 e. The Morgan fingerprint density at radius 2 is 1.85 bits per heavy atom. The molecule has 2 rings (SSSR count). The molecule has 2 aromatic rings. The van der Waals surface area contributed by atoms with Crippen molar-refractivity contribution in [3.63, 3.8) is 0 Å². The number of halogens is 3. The molecule has 0 bridgehead atoms. The van der Waals surface area contributed by atoms with Crippen LogP contribution in [0.25, 0.3) is 0 Å². The summed E-state index contributed by atoms with van der Waals surface area (Å²) in [5.41, 5.74) is 2.21. The van der Waals surface area contributed by atoms with E-state index < -0.39 is 0 Å². The standard InChI is InChI=1S/C14H11BrCl2N2O/c1-8-2-4-10(7-12(8)17)18-14(20)19-13-5-3-9(16)6-11(13)15/h2-7H,1H3,(H2,18,19,20). The monoisotopic (exact) mass is 372 g/mol. The van der Waals surface area contributed by atoms with Gasteiger partial charge in [-0.2, -0.15) is 0 Å². The summed E-state index contributed by atoms with van der Waals surface area (Å²) in [7, 11) is 0. The van der Waals surface area contributed by atoms with E-state index in [1.807, 2.05) is 13.0 Å². The van der Waals surface area contributed by atoms with Gasteiger partial charge in [0.2, 0.25) is 0 Å². The van der Waals surface area contributed by atoms with Crippen molar-refractivity contribution in [2.45, 2.75) is 6.92 Å². The molecule has 0 aliphatic carbocycles. The summed E-state index contributed by atoms with van der Waals surface area (Å²) in [4.78, 5) is 11.9. The maximum atomic E-state index is 11.9. The number of anilines is 2. The summed E-state index contributed by atoms with van der Waals surface area (Å²) in [6.07, 6.45) is 0. The second-order valence-electron chi connectivity index (χ2n) is 4.17. The zero-order valence-electron chi connectivity index (χ0n) is 10.5. The van der Waals surface area contributed by atoms with Crippen LogP contribution in [0, 0.1) is 6.92 Å². The highest BCUT2D eigenvalue weighted by molar-refractivity contribution is 9.10. The average Bonchev–Trinajstić information content (AvgIpc) is 2.37. The molecule has 20 heavy (non-hydrogen) atoms. The maximum absolute atomic E-state index is 11.9. The number of nitrogens with one attached hydrogen (secondary N) is 2. The number of carbonyl (C=O) groups excluding carboxylic acids is 1. The van der Waals surface area contributed by atoms with Gasteiger partial charge in [0, 0.05) is 20.2 Å². The molecule has 104 valence electrons. The van der Waals surface area contributed by atoms with Crippen molar-refractivity contribution in [2.75, 3.05) is 10.6 Å². The number of carbonyl (C=O) groups is 1. The van der Waals surface area contributed by atoms with E-state index in [1.165, 1.54) is 0 Å².